The summed E-state index contributed by atoms with van der Waals surface area (Å²) in [6, 6.07) is 3.83. The number of primary amides is 1. The first-order valence-electron chi connectivity index (χ1n) is 8.97. The van der Waals surface area contributed by atoms with Crippen LogP contribution in [0.3, 0.4) is 0 Å². The molecule has 1 amide bonds. The van der Waals surface area contributed by atoms with Gasteiger partial charge in [-0.15, -0.1) is 0 Å². The highest BCUT2D eigenvalue weighted by Crippen LogP contribution is 2.30. The summed E-state index contributed by atoms with van der Waals surface area (Å²) >= 11 is 0. The maximum Gasteiger partial charge on any atom is 0.293 e. The zero-order valence-electron chi connectivity index (χ0n) is 16.3. The van der Waals surface area contributed by atoms with Gasteiger partial charge < -0.3 is 11.1 Å². The van der Waals surface area contributed by atoms with E-state index in [4.69, 9.17) is 5.73 Å². The summed E-state index contributed by atoms with van der Waals surface area (Å²) < 4.78 is 27.4. The number of benzene rings is 1. The van der Waals surface area contributed by atoms with Crippen molar-refractivity contribution in [3.63, 3.8) is 0 Å². The van der Waals surface area contributed by atoms with E-state index >= 15 is 0 Å². The van der Waals surface area contributed by atoms with Crippen LogP contribution in [0.1, 0.15) is 33.6 Å². The van der Waals surface area contributed by atoms with Crippen LogP contribution in [-0.4, -0.2) is 55.4 Å². The predicted octanol–water partition coefficient (Wildman–Crippen LogP) is 1.03. The van der Waals surface area contributed by atoms with Gasteiger partial charge in [0, 0.05) is 30.7 Å². The number of hydrogen-bond acceptors (Lipinski definition) is 7. The first-order chi connectivity index (χ1) is 12.9. The lowest BCUT2D eigenvalue weighted by molar-refractivity contribution is -0.384. The predicted molar refractivity (Wildman–Crippen MR) is 105 cm³/mol. The lowest BCUT2D eigenvalue weighted by Crippen LogP contribution is -2.43. The van der Waals surface area contributed by atoms with Crippen LogP contribution in [0.2, 0.25) is 0 Å². The average molecular weight is 414 g/mol. The fourth-order valence-electron chi connectivity index (χ4n) is 3.09. The van der Waals surface area contributed by atoms with Crippen LogP contribution in [-0.2, 0) is 14.8 Å². The maximum atomic E-state index is 12.5. The van der Waals surface area contributed by atoms with Gasteiger partial charge in [0.05, 0.1) is 16.4 Å². The van der Waals surface area contributed by atoms with Gasteiger partial charge in [-0.2, -0.15) is 0 Å². The van der Waals surface area contributed by atoms with E-state index in [2.05, 4.69) is 10.0 Å². The second-order valence-electron chi connectivity index (χ2n) is 7.95. The maximum absolute atomic E-state index is 12.5. The van der Waals surface area contributed by atoms with Crippen molar-refractivity contribution >= 4 is 27.3 Å². The number of nitrogens with two attached hydrogens (primary N) is 1. The van der Waals surface area contributed by atoms with Gasteiger partial charge in [-0.05, 0) is 45.7 Å². The van der Waals surface area contributed by atoms with Crippen LogP contribution in [0.5, 0.6) is 0 Å². The van der Waals surface area contributed by atoms with Crippen LogP contribution < -0.4 is 15.8 Å². The molecule has 28 heavy (non-hydrogen) atoms. The number of piperidine rings is 1. The SMILES string of the molecule is CC(C)(C)NS(=O)(=O)c1ccc(NC2CCN(CC(N)=O)CC2)c([N+](=O)[O-])c1. The van der Waals surface area contributed by atoms with Gasteiger partial charge in [-0.3, -0.25) is 19.8 Å². The molecule has 1 aromatic rings. The van der Waals surface area contributed by atoms with Gasteiger partial charge >= 0.3 is 0 Å². The van der Waals surface area contributed by atoms with Gasteiger partial charge in [0.15, 0.2) is 0 Å². The Morgan fingerprint density at radius 2 is 1.93 bits per heavy atom. The number of amides is 1. The molecule has 1 aliphatic rings. The van der Waals surface area contributed by atoms with E-state index in [0.29, 0.717) is 25.9 Å². The molecule has 1 fully saturated rings. The van der Waals surface area contributed by atoms with Gasteiger partial charge in [0.1, 0.15) is 5.69 Å². The summed E-state index contributed by atoms with van der Waals surface area (Å²) in [5.41, 5.74) is 4.47. The lowest BCUT2D eigenvalue weighted by atomic mass is 10.0. The minimum Gasteiger partial charge on any atom is -0.377 e. The van der Waals surface area contributed by atoms with E-state index in [1.165, 1.54) is 12.1 Å². The molecule has 0 radical (unpaired) electrons. The Hall–Kier alpha value is -2.24. The van der Waals surface area contributed by atoms with Gasteiger partial charge in [0.2, 0.25) is 15.9 Å². The third-order valence-electron chi connectivity index (χ3n) is 4.24. The first kappa shape index (κ1) is 22.1. The van der Waals surface area contributed by atoms with Gasteiger partial charge in [-0.25, -0.2) is 13.1 Å². The summed E-state index contributed by atoms with van der Waals surface area (Å²) in [5.74, 6) is -0.386. The number of likely N-dealkylation sites (tertiary alicyclic amines) is 1. The third kappa shape index (κ3) is 6.14. The van der Waals surface area contributed by atoms with Crippen molar-refractivity contribution in [1.29, 1.82) is 0 Å². The Labute approximate surface area is 164 Å². The normalized spacial score (nSPS) is 16.7. The number of nitro benzene ring substituents is 1. The van der Waals surface area contributed by atoms with Crippen LogP contribution in [0.15, 0.2) is 23.1 Å². The van der Waals surface area contributed by atoms with Crippen LogP contribution >= 0.6 is 0 Å². The van der Waals surface area contributed by atoms with Crippen molar-refractivity contribution < 1.29 is 18.1 Å². The fourth-order valence-corrected chi connectivity index (χ4v) is 4.53. The highest BCUT2D eigenvalue weighted by Gasteiger charge is 2.27. The molecule has 0 aliphatic carbocycles. The Bertz CT molecular complexity index is 842. The Kier molecular flexibility index (Phi) is 6.63. The van der Waals surface area contributed by atoms with Gasteiger partial charge in [-0.1, -0.05) is 0 Å². The molecule has 0 aromatic heterocycles. The molecule has 1 heterocycles. The topological polar surface area (TPSA) is 148 Å². The molecule has 1 aromatic carbocycles. The van der Waals surface area contributed by atoms with Crippen molar-refractivity contribution in [3.8, 4) is 0 Å². The minimum atomic E-state index is -3.88. The number of nitrogens with one attached hydrogen (secondary N) is 2. The third-order valence-corrected chi connectivity index (χ3v) is 6.00. The van der Waals surface area contributed by atoms with Crippen LogP contribution in [0.4, 0.5) is 11.4 Å². The molecular weight excluding hydrogens is 386 g/mol. The Morgan fingerprint density at radius 1 is 1.32 bits per heavy atom. The lowest BCUT2D eigenvalue weighted by Gasteiger charge is -2.31. The zero-order chi connectivity index (χ0) is 21.1. The number of nitro groups is 1. The van der Waals surface area contributed by atoms with Crippen LogP contribution in [0, 0.1) is 10.1 Å². The number of carbonyl (C=O) groups is 1. The molecule has 0 bridgehead atoms. The molecule has 156 valence electrons. The van der Waals surface area contributed by atoms with E-state index in [1.807, 2.05) is 4.90 Å². The van der Waals surface area contributed by atoms with E-state index in [0.717, 1.165) is 6.07 Å². The monoisotopic (exact) mass is 413 g/mol. The molecule has 11 heteroatoms. The highest BCUT2D eigenvalue weighted by molar-refractivity contribution is 7.89. The zero-order valence-corrected chi connectivity index (χ0v) is 17.1. The number of hydrogen-bond donors (Lipinski definition) is 3. The summed E-state index contributed by atoms with van der Waals surface area (Å²) in [6.45, 7) is 6.57. The smallest absolute Gasteiger partial charge is 0.293 e. The number of rotatable bonds is 7. The van der Waals surface area contributed by atoms with E-state index in [-0.39, 0.29) is 34.8 Å². The summed E-state index contributed by atoms with van der Waals surface area (Å²) in [7, 11) is -3.88. The summed E-state index contributed by atoms with van der Waals surface area (Å²) in [4.78, 5) is 23.7. The number of anilines is 1. The van der Waals surface area contributed by atoms with Crippen molar-refractivity contribution in [3.05, 3.63) is 28.3 Å². The number of carbonyl (C=O) groups excluding carboxylic acids is 1. The average Bonchev–Trinajstić information content (AvgIpc) is 2.54. The van der Waals surface area contributed by atoms with Gasteiger partial charge in [0.25, 0.3) is 5.69 Å². The van der Waals surface area contributed by atoms with E-state index in [9.17, 15) is 23.3 Å². The molecule has 1 saturated heterocycles. The number of sulfonamides is 1. The molecule has 0 spiro atoms. The summed E-state index contributed by atoms with van der Waals surface area (Å²) in [6.07, 6.45) is 1.38. The second-order valence-corrected chi connectivity index (χ2v) is 9.64. The molecule has 0 saturated carbocycles. The number of nitrogens with zero attached hydrogens (tertiary/aromatic N) is 2. The largest absolute Gasteiger partial charge is 0.377 e. The molecule has 2 rings (SSSR count). The van der Waals surface area contributed by atoms with Crippen molar-refractivity contribution in [2.24, 2.45) is 5.73 Å². The molecule has 0 unspecified atom stereocenters. The highest BCUT2D eigenvalue weighted by atomic mass is 32.2. The molecule has 0 atom stereocenters. The first-order valence-corrected chi connectivity index (χ1v) is 10.5. The molecule has 4 N–H and O–H groups in total. The van der Waals surface area contributed by atoms with Crippen LogP contribution in [0.25, 0.3) is 0 Å². The fraction of sp³-hybridized carbons (Fsp3) is 0.588. The summed E-state index contributed by atoms with van der Waals surface area (Å²) in [5, 5.41) is 14.6. The molecular formula is C17H27N5O5S. The van der Waals surface area contributed by atoms with Crippen molar-refractivity contribution in [1.82, 2.24) is 9.62 Å². The Morgan fingerprint density at radius 3 is 2.43 bits per heavy atom. The molecule has 1 aliphatic heterocycles. The van der Waals surface area contributed by atoms with Crippen molar-refractivity contribution in [2.45, 2.75) is 50.1 Å². The van der Waals surface area contributed by atoms with E-state index < -0.39 is 20.5 Å². The second kappa shape index (κ2) is 8.41. The molecule has 10 nitrogen and oxygen atoms in total. The van der Waals surface area contributed by atoms with E-state index in [1.54, 1.807) is 20.8 Å². The standard InChI is InChI=1S/C17H27N5O5S/c1-17(2,3)20-28(26,27)13-4-5-14(15(10-13)22(24)25)19-12-6-8-21(9-7-12)11-16(18)23/h4-5,10,12,19-20H,6-9,11H2,1-3H3,(H2,18,23). The Balaban J connectivity index is 2.16. The quantitative estimate of drug-likeness (QED) is 0.447. The minimum absolute atomic E-state index is 0.0158. The van der Waals surface area contributed by atoms with Crippen molar-refractivity contribution in [2.75, 3.05) is 25.0 Å².